The fraction of sp³-hybridized carbons (Fsp3) is 0.579. The van der Waals surface area contributed by atoms with E-state index >= 15 is 0 Å². The lowest BCUT2D eigenvalue weighted by Gasteiger charge is -2.20. The van der Waals surface area contributed by atoms with Crippen LogP contribution in [-0.2, 0) is 6.54 Å². The lowest BCUT2D eigenvalue weighted by atomic mass is 10.2. The molecule has 0 aliphatic carbocycles. The second kappa shape index (κ2) is 10.3. The SMILES string of the molecule is CN=C(NCCCN1CCCCCC1)NCc1coc(-c2cccs2)n1. The third kappa shape index (κ3) is 5.85. The molecule has 1 fully saturated rings. The van der Waals surface area contributed by atoms with Gasteiger partial charge in [-0.15, -0.1) is 11.3 Å². The van der Waals surface area contributed by atoms with Crippen molar-refractivity contribution in [3.63, 3.8) is 0 Å². The number of hydrogen-bond donors (Lipinski definition) is 2. The maximum atomic E-state index is 5.54. The van der Waals surface area contributed by atoms with Crippen LogP contribution in [0.1, 0.15) is 37.8 Å². The third-order valence-electron chi connectivity index (χ3n) is 4.59. The molecular formula is C19H29N5OS. The van der Waals surface area contributed by atoms with Crippen molar-refractivity contribution in [3.8, 4) is 10.8 Å². The number of oxazole rings is 1. The lowest BCUT2D eigenvalue weighted by Crippen LogP contribution is -2.38. The van der Waals surface area contributed by atoms with Gasteiger partial charge in [-0.2, -0.15) is 0 Å². The van der Waals surface area contributed by atoms with Crippen molar-refractivity contribution in [1.82, 2.24) is 20.5 Å². The Bertz CT molecular complexity index is 659. The molecule has 0 spiro atoms. The van der Waals surface area contributed by atoms with Gasteiger partial charge in [0.2, 0.25) is 5.89 Å². The molecule has 6 nitrogen and oxygen atoms in total. The summed E-state index contributed by atoms with van der Waals surface area (Å²) in [6.45, 7) is 5.20. The summed E-state index contributed by atoms with van der Waals surface area (Å²) in [5, 5.41) is 8.71. The topological polar surface area (TPSA) is 65.7 Å². The molecule has 0 amide bonds. The number of hydrogen-bond acceptors (Lipinski definition) is 5. The van der Waals surface area contributed by atoms with Crippen molar-refractivity contribution < 1.29 is 4.42 Å². The number of aliphatic imine (C=N–C) groups is 1. The zero-order chi connectivity index (χ0) is 18.0. The highest BCUT2D eigenvalue weighted by atomic mass is 32.1. The van der Waals surface area contributed by atoms with E-state index in [1.807, 2.05) is 17.5 Å². The second-order valence-corrected chi connectivity index (χ2v) is 7.53. The fourth-order valence-electron chi connectivity index (χ4n) is 3.17. The van der Waals surface area contributed by atoms with Gasteiger partial charge < -0.3 is 20.0 Å². The van der Waals surface area contributed by atoms with Gasteiger partial charge in [0, 0.05) is 13.6 Å². The summed E-state index contributed by atoms with van der Waals surface area (Å²) in [6.07, 6.45) is 8.31. The van der Waals surface area contributed by atoms with E-state index in [1.54, 1.807) is 24.6 Å². The fourth-order valence-corrected chi connectivity index (χ4v) is 3.82. The highest BCUT2D eigenvalue weighted by Crippen LogP contribution is 2.23. The third-order valence-corrected chi connectivity index (χ3v) is 5.44. The summed E-state index contributed by atoms with van der Waals surface area (Å²) in [4.78, 5) is 12.4. The van der Waals surface area contributed by atoms with E-state index in [0.717, 1.165) is 36.0 Å². The first kappa shape index (κ1) is 18.9. The molecule has 0 unspecified atom stereocenters. The summed E-state index contributed by atoms with van der Waals surface area (Å²) in [7, 11) is 1.80. The van der Waals surface area contributed by atoms with E-state index < -0.39 is 0 Å². The van der Waals surface area contributed by atoms with E-state index in [0.29, 0.717) is 12.4 Å². The lowest BCUT2D eigenvalue weighted by molar-refractivity contribution is 0.282. The molecular weight excluding hydrogens is 346 g/mol. The smallest absolute Gasteiger partial charge is 0.236 e. The molecule has 0 atom stereocenters. The molecule has 1 aliphatic heterocycles. The first-order valence-electron chi connectivity index (χ1n) is 9.50. The van der Waals surface area contributed by atoms with Gasteiger partial charge in [-0.3, -0.25) is 4.99 Å². The van der Waals surface area contributed by atoms with Gasteiger partial charge in [0.1, 0.15) is 6.26 Å². The highest BCUT2D eigenvalue weighted by Gasteiger charge is 2.09. The Kier molecular flexibility index (Phi) is 7.51. The van der Waals surface area contributed by atoms with Crippen LogP contribution in [0.25, 0.3) is 10.8 Å². The van der Waals surface area contributed by atoms with Crippen LogP contribution in [0.5, 0.6) is 0 Å². The first-order chi connectivity index (χ1) is 12.8. The standard InChI is InChI=1S/C19H29N5OS/c1-20-19(21-9-7-12-24-10-4-2-3-5-11-24)22-14-16-15-25-18(23-16)17-8-6-13-26-17/h6,8,13,15H,2-5,7,9-12,14H2,1H3,(H2,20,21,22). The predicted octanol–water partition coefficient (Wildman–Crippen LogP) is 3.33. The van der Waals surface area contributed by atoms with Gasteiger partial charge in [-0.25, -0.2) is 4.98 Å². The summed E-state index contributed by atoms with van der Waals surface area (Å²) in [5.74, 6) is 1.48. The van der Waals surface area contributed by atoms with Crippen molar-refractivity contribution in [2.75, 3.05) is 33.2 Å². The van der Waals surface area contributed by atoms with Gasteiger partial charge in [-0.1, -0.05) is 18.9 Å². The molecule has 2 aromatic rings. The second-order valence-electron chi connectivity index (χ2n) is 6.58. The predicted molar refractivity (Wildman–Crippen MR) is 108 cm³/mol. The molecule has 2 N–H and O–H groups in total. The number of guanidine groups is 1. The number of rotatable bonds is 7. The number of nitrogens with zero attached hydrogens (tertiary/aromatic N) is 3. The van der Waals surface area contributed by atoms with Crippen LogP contribution in [0.4, 0.5) is 0 Å². The van der Waals surface area contributed by atoms with Crippen molar-refractivity contribution in [3.05, 3.63) is 29.5 Å². The molecule has 3 rings (SSSR count). The maximum Gasteiger partial charge on any atom is 0.236 e. The molecule has 1 aliphatic rings. The van der Waals surface area contributed by atoms with Crippen LogP contribution in [0.15, 0.2) is 33.2 Å². The molecule has 0 aromatic carbocycles. The Morgan fingerprint density at radius 3 is 2.85 bits per heavy atom. The van der Waals surface area contributed by atoms with E-state index in [4.69, 9.17) is 4.42 Å². The molecule has 26 heavy (non-hydrogen) atoms. The Balaban J connectivity index is 1.35. The Labute approximate surface area is 159 Å². The molecule has 3 heterocycles. The van der Waals surface area contributed by atoms with Crippen LogP contribution in [0.3, 0.4) is 0 Å². The number of thiophene rings is 1. The molecule has 0 saturated carbocycles. The minimum atomic E-state index is 0.598. The molecule has 1 saturated heterocycles. The summed E-state index contributed by atoms with van der Waals surface area (Å²) < 4.78 is 5.54. The largest absolute Gasteiger partial charge is 0.443 e. The first-order valence-corrected chi connectivity index (χ1v) is 10.4. The molecule has 7 heteroatoms. The van der Waals surface area contributed by atoms with Crippen molar-refractivity contribution in [2.45, 2.75) is 38.6 Å². The number of likely N-dealkylation sites (tertiary alicyclic amines) is 1. The zero-order valence-electron chi connectivity index (χ0n) is 15.5. The van der Waals surface area contributed by atoms with Crippen LogP contribution < -0.4 is 10.6 Å². The number of aromatic nitrogens is 1. The average Bonchev–Trinajstić information content (AvgIpc) is 3.29. The molecule has 142 valence electrons. The molecule has 0 bridgehead atoms. The Morgan fingerprint density at radius 1 is 1.27 bits per heavy atom. The van der Waals surface area contributed by atoms with Crippen LogP contribution in [-0.4, -0.2) is 49.1 Å². The van der Waals surface area contributed by atoms with E-state index in [-0.39, 0.29) is 0 Å². The van der Waals surface area contributed by atoms with Gasteiger partial charge in [0.25, 0.3) is 0 Å². The summed E-state index contributed by atoms with van der Waals surface area (Å²) in [6, 6.07) is 4.01. The van der Waals surface area contributed by atoms with Crippen LogP contribution in [0, 0.1) is 0 Å². The highest BCUT2D eigenvalue weighted by molar-refractivity contribution is 7.13. The van der Waals surface area contributed by atoms with E-state index in [2.05, 4.69) is 25.5 Å². The van der Waals surface area contributed by atoms with Crippen LogP contribution in [0.2, 0.25) is 0 Å². The van der Waals surface area contributed by atoms with Crippen molar-refractivity contribution in [2.24, 2.45) is 4.99 Å². The van der Waals surface area contributed by atoms with Crippen molar-refractivity contribution in [1.29, 1.82) is 0 Å². The summed E-state index contributed by atoms with van der Waals surface area (Å²) in [5.41, 5.74) is 0.876. The van der Waals surface area contributed by atoms with Crippen LogP contribution >= 0.6 is 11.3 Å². The minimum Gasteiger partial charge on any atom is -0.443 e. The quantitative estimate of drug-likeness (QED) is 0.441. The normalized spacial score (nSPS) is 16.4. The van der Waals surface area contributed by atoms with Gasteiger partial charge in [-0.05, 0) is 50.3 Å². The zero-order valence-corrected chi connectivity index (χ0v) is 16.4. The van der Waals surface area contributed by atoms with Gasteiger partial charge >= 0.3 is 0 Å². The Morgan fingerprint density at radius 2 is 2.12 bits per heavy atom. The van der Waals surface area contributed by atoms with Gasteiger partial charge in [0.05, 0.1) is 17.1 Å². The Hall–Kier alpha value is -1.86. The maximum absolute atomic E-state index is 5.54. The van der Waals surface area contributed by atoms with E-state index in [1.165, 1.54) is 38.8 Å². The average molecular weight is 376 g/mol. The van der Waals surface area contributed by atoms with Gasteiger partial charge in [0.15, 0.2) is 5.96 Å². The summed E-state index contributed by atoms with van der Waals surface area (Å²) >= 11 is 1.63. The minimum absolute atomic E-state index is 0.598. The molecule has 2 aromatic heterocycles. The van der Waals surface area contributed by atoms with E-state index in [9.17, 15) is 0 Å². The monoisotopic (exact) mass is 375 g/mol. The number of nitrogens with one attached hydrogen (secondary N) is 2. The van der Waals surface area contributed by atoms with Crippen molar-refractivity contribution >= 4 is 17.3 Å². The molecule has 0 radical (unpaired) electrons.